The molecule has 0 aliphatic carbocycles. The molecule has 0 radical (unpaired) electrons. The highest BCUT2D eigenvalue weighted by Crippen LogP contribution is 2.32. The van der Waals surface area contributed by atoms with Crippen LogP contribution in [0.4, 0.5) is 0 Å². The van der Waals surface area contributed by atoms with E-state index in [0.29, 0.717) is 12.1 Å². The van der Waals surface area contributed by atoms with Crippen molar-refractivity contribution in [3.8, 4) is 0 Å². The second-order valence-electron chi connectivity index (χ2n) is 5.47. The average Bonchev–Trinajstić information content (AvgIpc) is 2.51. The van der Waals surface area contributed by atoms with E-state index < -0.39 is 18.2 Å². The van der Waals surface area contributed by atoms with Crippen molar-refractivity contribution in [3.63, 3.8) is 0 Å². The predicted octanol–water partition coefficient (Wildman–Crippen LogP) is 2.02. The number of aliphatic hydroxyl groups is 1. The number of rotatable bonds is 6. The van der Waals surface area contributed by atoms with Crippen LogP contribution in [-0.4, -0.2) is 47.8 Å². The van der Waals surface area contributed by atoms with E-state index in [1.54, 1.807) is 4.90 Å². The van der Waals surface area contributed by atoms with Gasteiger partial charge in [-0.15, -0.1) is 5.73 Å². The number of hydrogen-bond donors (Lipinski definition) is 1. The molecule has 22 heavy (non-hydrogen) atoms. The summed E-state index contributed by atoms with van der Waals surface area (Å²) in [5.41, 5.74) is 5.04. The molecule has 4 heteroatoms. The van der Waals surface area contributed by atoms with Crippen LogP contribution in [-0.2, 0) is 9.53 Å². The standard InChI is InChI=1S/C18H21NO3/c1-5-14(13-9-7-6-8-10-13)16(20)15-17(22-4)18(21)19(15)11-12(2)3/h6-10,15-17,20H,1-2,11H2,3-4H3/t15-,16+,17+/m0/s1. The minimum atomic E-state index is -0.915. The fourth-order valence-electron chi connectivity index (χ4n) is 2.75. The molecule has 1 N–H and O–H groups in total. The van der Waals surface area contributed by atoms with E-state index in [1.807, 2.05) is 37.3 Å². The van der Waals surface area contributed by atoms with Crippen molar-refractivity contribution in [2.75, 3.05) is 13.7 Å². The predicted molar refractivity (Wildman–Crippen MR) is 86.1 cm³/mol. The van der Waals surface area contributed by atoms with Crippen LogP contribution in [0, 0.1) is 0 Å². The summed E-state index contributed by atoms with van der Waals surface area (Å²) in [7, 11) is 1.47. The van der Waals surface area contributed by atoms with Crippen LogP contribution in [0.1, 0.15) is 12.5 Å². The maximum Gasteiger partial charge on any atom is 0.254 e. The maximum atomic E-state index is 12.1. The molecule has 4 nitrogen and oxygen atoms in total. The summed E-state index contributed by atoms with van der Waals surface area (Å²) in [5, 5.41) is 10.7. The van der Waals surface area contributed by atoms with Gasteiger partial charge in [0.2, 0.25) is 0 Å². The van der Waals surface area contributed by atoms with E-state index in [9.17, 15) is 9.90 Å². The smallest absolute Gasteiger partial charge is 0.254 e. The molecule has 1 amide bonds. The lowest BCUT2D eigenvalue weighted by atomic mass is 9.86. The van der Waals surface area contributed by atoms with Crippen LogP contribution in [0.3, 0.4) is 0 Å². The molecule has 2 rings (SSSR count). The zero-order chi connectivity index (χ0) is 16.3. The van der Waals surface area contributed by atoms with E-state index in [0.717, 1.165) is 11.1 Å². The minimum absolute atomic E-state index is 0.133. The molecule has 3 atom stereocenters. The topological polar surface area (TPSA) is 49.8 Å². The Bertz CT molecular complexity index is 616. The molecule has 1 saturated heterocycles. The Morgan fingerprint density at radius 1 is 1.45 bits per heavy atom. The first kappa shape index (κ1) is 16.2. The molecule has 0 spiro atoms. The third kappa shape index (κ3) is 2.90. The molecule has 1 fully saturated rings. The Labute approximate surface area is 131 Å². The summed E-state index contributed by atoms with van der Waals surface area (Å²) >= 11 is 0. The Morgan fingerprint density at radius 2 is 2.09 bits per heavy atom. The lowest BCUT2D eigenvalue weighted by Crippen LogP contribution is -2.69. The monoisotopic (exact) mass is 299 g/mol. The molecule has 0 bridgehead atoms. The summed E-state index contributed by atoms with van der Waals surface area (Å²) < 4.78 is 5.23. The fraction of sp³-hybridized carbons (Fsp3) is 0.333. The third-order valence-corrected chi connectivity index (χ3v) is 3.79. The molecule has 1 aliphatic heterocycles. The highest BCUT2D eigenvalue weighted by molar-refractivity contribution is 5.90. The van der Waals surface area contributed by atoms with Crippen molar-refractivity contribution >= 4 is 11.5 Å². The van der Waals surface area contributed by atoms with E-state index in [2.05, 4.69) is 18.9 Å². The largest absolute Gasteiger partial charge is 0.385 e. The van der Waals surface area contributed by atoms with Gasteiger partial charge in [0.05, 0.1) is 6.04 Å². The Kier molecular flexibility index (Phi) is 4.99. The molecule has 116 valence electrons. The van der Waals surface area contributed by atoms with Gasteiger partial charge in [-0.3, -0.25) is 4.79 Å². The van der Waals surface area contributed by atoms with Gasteiger partial charge < -0.3 is 14.7 Å². The second-order valence-corrected chi connectivity index (χ2v) is 5.47. The second kappa shape index (κ2) is 6.75. The van der Waals surface area contributed by atoms with Crippen molar-refractivity contribution in [2.45, 2.75) is 25.2 Å². The lowest BCUT2D eigenvalue weighted by molar-refractivity contribution is -0.176. The van der Waals surface area contributed by atoms with E-state index in [-0.39, 0.29) is 5.91 Å². The number of methoxy groups -OCH3 is 1. The molecular formula is C18H21NO3. The fourth-order valence-corrected chi connectivity index (χ4v) is 2.75. The number of nitrogens with zero attached hydrogens (tertiary/aromatic N) is 1. The number of benzene rings is 1. The molecule has 0 saturated carbocycles. The molecule has 0 unspecified atom stereocenters. The van der Waals surface area contributed by atoms with Crippen molar-refractivity contribution in [1.29, 1.82) is 0 Å². The summed E-state index contributed by atoms with van der Waals surface area (Å²) in [6, 6.07) is 8.95. The first-order valence-corrected chi connectivity index (χ1v) is 7.12. The SMILES string of the molecule is C=C=C(c1ccccc1)[C@@H](O)[C@H]1[C@@H](OC)C(=O)N1CC(=C)C. The lowest BCUT2D eigenvalue weighted by Gasteiger charge is -2.48. The Morgan fingerprint density at radius 3 is 2.59 bits per heavy atom. The number of likely N-dealkylation sites (tertiary alicyclic amines) is 1. The molecular weight excluding hydrogens is 278 g/mol. The van der Waals surface area contributed by atoms with Gasteiger partial charge >= 0.3 is 0 Å². The molecule has 1 heterocycles. The number of ether oxygens (including phenoxy) is 1. The highest BCUT2D eigenvalue weighted by Gasteiger charge is 2.52. The van der Waals surface area contributed by atoms with Crippen molar-refractivity contribution in [1.82, 2.24) is 4.90 Å². The Balaban J connectivity index is 2.28. The van der Waals surface area contributed by atoms with Crippen molar-refractivity contribution < 1.29 is 14.6 Å². The van der Waals surface area contributed by atoms with Crippen molar-refractivity contribution in [2.24, 2.45) is 0 Å². The van der Waals surface area contributed by atoms with Crippen LogP contribution in [0.5, 0.6) is 0 Å². The maximum absolute atomic E-state index is 12.1. The summed E-state index contributed by atoms with van der Waals surface area (Å²) in [6.45, 7) is 9.75. The number of hydrogen-bond acceptors (Lipinski definition) is 3. The van der Waals surface area contributed by atoms with Gasteiger partial charge in [0.1, 0.15) is 6.10 Å². The number of carbonyl (C=O) groups excluding carboxylic acids is 1. The van der Waals surface area contributed by atoms with Gasteiger partial charge in [-0.1, -0.05) is 49.1 Å². The number of β-lactam (4-membered cyclic amide) rings is 1. The number of amides is 1. The summed E-state index contributed by atoms with van der Waals surface area (Å²) in [4.78, 5) is 13.7. The van der Waals surface area contributed by atoms with Crippen molar-refractivity contribution in [3.05, 3.63) is 60.4 Å². The normalized spacial score (nSPS) is 21.8. The van der Waals surface area contributed by atoms with E-state index in [1.165, 1.54) is 7.11 Å². The van der Waals surface area contributed by atoms with E-state index >= 15 is 0 Å². The summed E-state index contributed by atoms with van der Waals surface area (Å²) in [6.07, 6.45) is -1.57. The highest BCUT2D eigenvalue weighted by atomic mass is 16.5. The van der Waals surface area contributed by atoms with Crippen LogP contribution >= 0.6 is 0 Å². The zero-order valence-corrected chi connectivity index (χ0v) is 13.0. The zero-order valence-electron chi connectivity index (χ0n) is 13.0. The van der Waals surface area contributed by atoms with Gasteiger partial charge in [-0.05, 0) is 12.5 Å². The molecule has 1 aromatic rings. The average molecular weight is 299 g/mol. The van der Waals surface area contributed by atoms with Gasteiger partial charge in [0, 0.05) is 19.2 Å². The quantitative estimate of drug-likeness (QED) is 0.497. The number of carbonyl (C=O) groups is 1. The Hall–Kier alpha value is -2.13. The van der Waals surface area contributed by atoms with Crippen LogP contribution in [0.25, 0.3) is 5.57 Å². The first-order chi connectivity index (χ1) is 10.5. The van der Waals surface area contributed by atoms with Crippen LogP contribution in [0.2, 0.25) is 0 Å². The van der Waals surface area contributed by atoms with Gasteiger partial charge in [-0.25, -0.2) is 0 Å². The minimum Gasteiger partial charge on any atom is -0.385 e. The first-order valence-electron chi connectivity index (χ1n) is 7.12. The molecule has 0 aromatic heterocycles. The van der Waals surface area contributed by atoms with Gasteiger partial charge in [0.25, 0.3) is 5.91 Å². The van der Waals surface area contributed by atoms with E-state index in [4.69, 9.17) is 4.74 Å². The molecule has 1 aromatic carbocycles. The van der Waals surface area contributed by atoms with Gasteiger partial charge in [-0.2, -0.15) is 0 Å². The summed E-state index contributed by atoms with van der Waals surface area (Å²) in [5.74, 6) is -0.133. The molecule has 1 aliphatic rings. The number of aliphatic hydroxyl groups excluding tert-OH is 1. The third-order valence-electron chi connectivity index (χ3n) is 3.79. The van der Waals surface area contributed by atoms with Gasteiger partial charge in [0.15, 0.2) is 6.10 Å². The van der Waals surface area contributed by atoms with Crippen LogP contribution < -0.4 is 0 Å². The van der Waals surface area contributed by atoms with Crippen LogP contribution in [0.15, 0.2) is 54.8 Å².